The number of piperidine rings is 1. The summed E-state index contributed by atoms with van der Waals surface area (Å²) < 4.78 is 0. The van der Waals surface area contributed by atoms with E-state index in [0.29, 0.717) is 5.69 Å². The van der Waals surface area contributed by atoms with Gasteiger partial charge in [-0.05, 0) is 38.3 Å². The second-order valence-corrected chi connectivity index (χ2v) is 7.28. The summed E-state index contributed by atoms with van der Waals surface area (Å²) in [6.07, 6.45) is 3.63. The number of rotatable bonds is 3. The van der Waals surface area contributed by atoms with Gasteiger partial charge in [0.05, 0.1) is 0 Å². The molecule has 2 fully saturated rings. The Morgan fingerprint density at radius 2 is 1.67 bits per heavy atom. The molecule has 0 saturated carbocycles. The zero-order valence-corrected chi connectivity index (χ0v) is 15.2. The van der Waals surface area contributed by atoms with Gasteiger partial charge in [0.15, 0.2) is 0 Å². The van der Waals surface area contributed by atoms with E-state index in [1.165, 1.54) is 19.3 Å². The number of amides is 1. The molecular weight excluding hydrogens is 302 g/mol. The average Bonchev–Trinajstić information content (AvgIpc) is 2.62. The fourth-order valence-corrected chi connectivity index (χ4v) is 3.27. The van der Waals surface area contributed by atoms with Crippen molar-refractivity contribution in [3.8, 4) is 0 Å². The maximum atomic E-state index is 12.9. The van der Waals surface area contributed by atoms with Crippen molar-refractivity contribution in [2.45, 2.75) is 39.0 Å². The van der Waals surface area contributed by atoms with E-state index in [1.807, 2.05) is 11.0 Å². The fraction of sp³-hybridized carbons (Fsp3) is 0.722. The molecule has 2 aliphatic heterocycles. The first-order chi connectivity index (χ1) is 11.5. The number of carbonyl (C=O) groups is 1. The van der Waals surface area contributed by atoms with Crippen LogP contribution in [0.15, 0.2) is 6.07 Å². The van der Waals surface area contributed by atoms with Crippen LogP contribution in [0.5, 0.6) is 0 Å². The van der Waals surface area contributed by atoms with Gasteiger partial charge in [-0.15, -0.1) is 0 Å². The van der Waals surface area contributed by atoms with Gasteiger partial charge in [0.2, 0.25) is 5.95 Å². The second kappa shape index (κ2) is 7.47. The second-order valence-electron chi connectivity index (χ2n) is 7.28. The third-order valence-electron chi connectivity index (χ3n) is 4.97. The number of carbonyl (C=O) groups excluding carboxylic acids is 1. The standard InChI is InChI=1S/C18H29N5O/c1-14(2)15-13-16(17(24)22-11-9-21(3)10-12-22)20-18(19-15)23-7-5-4-6-8-23/h13-14H,4-12H2,1-3H3. The quantitative estimate of drug-likeness (QED) is 0.848. The Balaban J connectivity index is 1.85. The molecule has 2 saturated heterocycles. The Labute approximate surface area is 144 Å². The molecule has 2 aliphatic rings. The van der Waals surface area contributed by atoms with Crippen molar-refractivity contribution < 1.29 is 4.79 Å². The minimum atomic E-state index is 0.0469. The molecule has 0 radical (unpaired) electrons. The maximum absolute atomic E-state index is 12.9. The van der Waals surface area contributed by atoms with Gasteiger partial charge in [-0.3, -0.25) is 4.79 Å². The van der Waals surface area contributed by atoms with Crippen molar-refractivity contribution in [1.29, 1.82) is 0 Å². The lowest BCUT2D eigenvalue weighted by Crippen LogP contribution is -2.47. The molecule has 1 aromatic heterocycles. The predicted molar refractivity (Wildman–Crippen MR) is 95.6 cm³/mol. The predicted octanol–water partition coefficient (Wildman–Crippen LogP) is 1.98. The van der Waals surface area contributed by atoms with Crippen LogP contribution in [0, 0.1) is 0 Å². The van der Waals surface area contributed by atoms with Gasteiger partial charge in [-0.1, -0.05) is 13.8 Å². The van der Waals surface area contributed by atoms with Crippen molar-refractivity contribution in [3.05, 3.63) is 17.5 Å². The smallest absolute Gasteiger partial charge is 0.272 e. The third-order valence-corrected chi connectivity index (χ3v) is 4.97. The maximum Gasteiger partial charge on any atom is 0.272 e. The van der Waals surface area contributed by atoms with Crippen LogP contribution in [0.25, 0.3) is 0 Å². The van der Waals surface area contributed by atoms with Crippen LogP contribution >= 0.6 is 0 Å². The first-order valence-corrected chi connectivity index (χ1v) is 9.16. The highest BCUT2D eigenvalue weighted by Crippen LogP contribution is 2.21. The Hall–Kier alpha value is -1.69. The molecule has 3 rings (SSSR count). The van der Waals surface area contributed by atoms with Crippen LogP contribution in [-0.4, -0.2) is 72.0 Å². The van der Waals surface area contributed by atoms with Crippen molar-refractivity contribution in [1.82, 2.24) is 19.8 Å². The monoisotopic (exact) mass is 331 g/mol. The fourth-order valence-electron chi connectivity index (χ4n) is 3.27. The van der Waals surface area contributed by atoms with Crippen LogP contribution in [0.2, 0.25) is 0 Å². The molecule has 0 aromatic carbocycles. The van der Waals surface area contributed by atoms with Gasteiger partial charge >= 0.3 is 0 Å². The topological polar surface area (TPSA) is 52.6 Å². The minimum absolute atomic E-state index is 0.0469. The number of likely N-dealkylation sites (N-methyl/N-ethyl adjacent to an activating group) is 1. The highest BCUT2D eigenvalue weighted by atomic mass is 16.2. The van der Waals surface area contributed by atoms with E-state index in [-0.39, 0.29) is 11.8 Å². The summed E-state index contributed by atoms with van der Waals surface area (Å²) in [5.74, 6) is 1.07. The summed E-state index contributed by atoms with van der Waals surface area (Å²) in [5.41, 5.74) is 1.52. The summed E-state index contributed by atoms with van der Waals surface area (Å²) >= 11 is 0. The number of piperazine rings is 1. The molecule has 3 heterocycles. The van der Waals surface area contributed by atoms with Gasteiger partial charge < -0.3 is 14.7 Å². The van der Waals surface area contributed by atoms with Crippen molar-refractivity contribution in [3.63, 3.8) is 0 Å². The van der Waals surface area contributed by atoms with Gasteiger partial charge in [0, 0.05) is 45.0 Å². The molecule has 0 aliphatic carbocycles. The van der Waals surface area contributed by atoms with Crippen molar-refractivity contribution in [2.24, 2.45) is 0 Å². The Bertz CT molecular complexity index is 575. The lowest BCUT2D eigenvalue weighted by atomic mass is 10.1. The number of anilines is 1. The zero-order valence-electron chi connectivity index (χ0n) is 15.2. The molecule has 0 N–H and O–H groups in total. The van der Waals surface area contributed by atoms with Crippen LogP contribution in [0.3, 0.4) is 0 Å². The number of nitrogens with zero attached hydrogens (tertiary/aromatic N) is 5. The number of hydrogen-bond donors (Lipinski definition) is 0. The molecule has 1 amide bonds. The lowest BCUT2D eigenvalue weighted by Gasteiger charge is -2.32. The van der Waals surface area contributed by atoms with Gasteiger partial charge in [-0.2, -0.15) is 0 Å². The summed E-state index contributed by atoms with van der Waals surface area (Å²) in [4.78, 5) is 28.7. The average molecular weight is 331 g/mol. The van der Waals surface area contributed by atoms with Crippen molar-refractivity contribution >= 4 is 11.9 Å². The lowest BCUT2D eigenvalue weighted by molar-refractivity contribution is 0.0658. The van der Waals surface area contributed by atoms with Gasteiger partial charge in [0.25, 0.3) is 5.91 Å². The first-order valence-electron chi connectivity index (χ1n) is 9.16. The first kappa shape index (κ1) is 17.1. The molecule has 0 spiro atoms. The summed E-state index contributed by atoms with van der Waals surface area (Å²) in [6.45, 7) is 9.61. The van der Waals surface area contributed by atoms with E-state index in [9.17, 15) is 4.79 Å². The molecule has 24 heavy (non-hydrogen) atoms. The van der Waals surface area contributed by atoms with Crippen molar-refractivity contribution in [2.75, 3.05) is 51.2 Å². The highest BCUT2D eigenvalue weighted by Gasteiger charge is 2.24. The summed E-state index contributed by atoms with van der Waals surface area (Å²) in [5, 5.41) is 0. The van der Waals surface area contributed by atoms with E-state index < -0.39 is 0 Å². The van der Waals surface area contributed by atoms with Crippen LogP contribution < -0.4 is 4.90 Å². The van der Waals surface area contributed by atoms with E-state index in [1.54, 1.807) is 0 Å². The SMILES string of the molecule is CC(C)c1cc(C(=O)N2CCN(C)CC2)nc(N2CCCCC2)n1. The van der Waals surface area contributed by atoms with Crippen LogP contribution in [0.1, 0.15) is 55.2 Å². The molecular formula is C18H29N5O. The minimum Gasteiger partial charge on any atom is -0.341 e. The van der Waals surface area contributed by atoms with E-state index >= 15 is 0 Å². The molecule has 132 valence electrons. The molecule has 6 nitrogen and oxygen atoms in total. The van der Waals surface area contributed by atoms with E-state index in [0.717, 1.165) is 50.9 Å². The molecule has 6 heteroatoms. The summed E-state index contributed by atoms with van der Waals surface area (Å²) in [7, 11) is 2.10. The zero-order chi connectivity index (χ0) is 17.1. The molecule has 0 unspecified atom stereocenters. The molecule has 0 atom stereocenters. The summed E-state index contributed by atoms with van der Waals surface area (Å²) in [6, 6.07) is 1.89. The largest absolute Gasteiger partial charge is 0.341 e. The van der Waals surface area contributed by atoms with Crippen LogP contribution in [0.4, 0.5) is 5.95 Å². The molecule has 0 bridgehead atoms. The normalized spacial score (nSPS) is 19.8. The van der Waals surface area contributed by atoms with E-state index in [2.05, 4.69) is 35.7 Å². The highest BCUT2D eigenvalue weighted by molar-refractivity contribution is 5.92. The van der Waals surface area contributed by atoms with Gasteiger partial charge in [-0.25, -0.2) is 9.97 Å². The Kier molecular flexibility index (Phi) is 5.33. The molecule has 1 aromatic rings. The number of hydrogen-bond acceptors (Lipinski definition) is 5. The van der Waals surface area contributed by atoms with Gasteiger partial charge in [0.1, 0.15) is 5.69 Å². The van der Waals surface area contributed by atoms with Crippen LogP contribution in [-0.2, 0) is 0 Å². The Morgan fingerprint density at radius 1 is 1.00 bits per heavy atom. The number of aromatic nitrogens is 2. The Morgan fingerprint density at radius 3 is 2.29 bits per heavy atom. The third kappa shape index (κ3) is 3.86. The van der Waals surface area contributed by atoms with E-state index in [4.69, 9.17) is 4.98 Å².